The molecule has 0 saturated carbocycles. The Morgan fingerprint density at radius 2 is 1.64 bits per heavy atom. The van der Waals surface area contributed by atoms with Crippen LogP contribution in [-0.2, 0) is 6.54 Å². The van der Waals surface area contributed by atoms with E-state index in [1.165, 1.54) is 5.56 Å². The predicted octanol–water partition coefficient (Wildman–Crippen LogP) is 3.34. The van der Waals surface area contributed by atoms with Crippen LogP contribution in [0.15, 0.2) is 29.2 Å². The van der Waals surface area contributed by atoms with Crippen molar-refractivity contribution in [3.8, 4) is 0 Å². The van der Waals surface area contributed by atoms with E-state index in [1.807, 2.05) is 52.2 Å². The summed E-state index contributed by atoms with van der Waals surface area (Å²) in [6, 6.07) is 7.89. The highest BCUT2D eigenvalue weighted by molar-refractivity contribution is 7.93. The van der Waals surface area contributed by atoms with Crippen molar-refractivity contribution in [1.29, 1.82) is 0 Å². The monoisotopic (exact) mass is 213 g/mol. The summed E-state index contributed by atoms with van der Waals surface area (Å²) >= 11 is 0.783. The van der Waals surface area contributed by atoms with Gasteiger partial charge in [0.15, 0.2) is 0 Å². The zero-order valence-corrected chi connectivity index (χ0v) is 10.1. The molecular weight excluding hydrogens is 194 g/mol. The van der Waals surface area contributed by atoms with Crippen LogP contribution >= 0.6 is 12.0 Å². The average Bonchev–Trinajstić information content (AvgIpc) is 2.21. The molecule has 0 saturated heterocycles. The van der Waals surface area contributed by atoms with E-state index in [-0.39, 0.29) is 0 Å². The van der Waals surface area contributed by atoms with Crippen molar-refractivity contribution in [2.24, 2.45) is 0 Å². The van der Waals surface area contributed by atoms with Crippen molar-refractivity contribution >= 4 is 12.0 Å². The topological polar surface area (TPSA) is 23.5 Å². The molecule has 0 aliphatic rings. The van der Waals surface area contributed by atoms with Gasteiger partial charge in [-0.2, -0.15) is 0 Å². The van der Waals surface area contributed by atoms with Gasteiger partial charge in [-0.25, -0.2) is 0 Å². The third-order valence-electron chi connectivity index (χ3n) is 1.53. The quantitative estimate of drug-likeness (QED) is 0.779. The number of benzene rings is 1. The summed E-state index contributed by atoms with van der Waals surface area (Å²) in [7, 11) is 4.07. The van der Waals surface area contributed by atoms with Gasteiger partial charge in [0.2, 0.25) is 0 Å². The minimum atomic E-state index is 0.783. The first-order chi connectivity index (χ1) is 6.72. The van der Waals surface area contributed by atoms with Gasteiger partial charge in [0.05, 0.1) is 0 Å². The van der Waals surface area contributed by atoms with E-state index < -0.39 is 0 Å². The molecule has 0 radical (unpaired) electrons. The highest BCUT2D eigenvalue weighted by atomic mass is 32.2. The van der Waals surface area contributed by atoms with Gasteiger partial charge in [-0.1, -0.05) is 26.0 Å². The van der Waals surface area contributed by atoms with Crippen LogP contribution in [0.25, 0.3) is 0 Å². The zero-order chi connectivity index (χ0) is 11.0. The van der Waals surface area contributed by atoms with E-state index >= 15 is 0 Å². The van der Waals surface area contributed by atoms with Gasteiger partial charge in [0.25, 0.3) is 0 Å². The molecule has 14 heavy (non-hydrogen) atoms. The first-order valence-electron chi connectivity index (χ1n) is 4.77. The lowest BCUT2D eigenvalue weighted by atomic mass is 10.2. The van der Waals surface area contributed by atoms with Crippen molar-refractivity contribution < 1.29 is 4.55 Å². The van der Waals surface area contributed by atoms with Crippen LogP contribution in [0.3, 0.4) is 0 Å². The number of rotatable bonds is 3. The Morgan fingerprint density at radius 1 is 1.14 bits per heavy atom. The number of hydrogen-bond donors (Lipinski definition) is 1. The molecule has 0 spiro atoms. The van der Waals surface area contributed by atoms with Crippen LogP contribution in [0.1, 0.15) is 19.4 Å². The Kier molecular flexibility index (Phi) is 7.57. The maximum Gasteiger partial charge on any atom is 0.0351 e. The molecule has 80 valence electrons. The van der Waals surface area contributed by atoms with Crippen LogP contribution in [0, 0.1) is 0 Å². The molecule has 0 aliphatic carbocycles. The third kappa shape index (κ3) is 5.27. The molecule has 0 atom stereocenters. The third-order valence-corrected chi connectivity index (χ3v) is 2.01. The van der Waals surface area contributed by atoms with E-state index in [0.717, 1.165) is 23.5 Å². The summed E-state index contributed by atoms with van der Waals surface area (Å²) in [5.74, 6) is 0. The number of nitrogens with zero attached hydrogens (tertiary/aromatic N) is 1. The van der Waals surface area contributed by atoms with E-state index in [4.69, 9.17) is 4.55 Å². The molecule has 2 nitrogen and oxygen atoms in total. The summed E-state index contributed by atoms with van der Waals surface area (Å²) in [4.78, 5) is 3.00. The van der Waals surface area contributed by atoms with Crippen molar-refractivity contribution in [1.82, 2.24) is 4.90 Å². The maximum absolute atomic E-state index is 8.72. The first-order valence-corrected chi connectivity index (χ1v) is 5.55. The van der Waals surface area contributed by atoms with Gasteiger partial charge in [-0.05, 0) is 31.8 Å². The normalized spacial score (nSPS) is 9.57. The molecule has 1 N–H and O–H groups in total. The second-order valence-corrected chi connectivity index (χ2v) is 3.63. The predicted molar refractivity (Wildman–Crippen MR) is 63.7 cm³/mol. The molecule has 3 heteroatoms. The van der Waals surface area contributed by atoms with Crippen LogP contribution in [-0.4, -0.2) is 23.5 Å². The summed E-state index contributed by atoms with van der Waals surface area (Å²) < 4.78 is 8.72. The van der Waals surface area contributed by atoms with Crippen LogP contribution < -0.4 is 0 Å². The summed E-state index contributed by atoms with van der Waals surface area (Å²) in [6.07, 6.45) is 0. The lowest BCUT2D eigenvalue weighted by Gasteiger charge is -2.09. The van der Waals surface area contributed by atoms with E-state index in [1.54, 1.807) is 0 Å². The molecule has 0 aliphatic heterocycles. The Morgan fingerprint density at radius 3 is 2.00 bits per heavy atom. The maximum atomic E-state index is 8.72. The Labute approximate surface area is 91.1 Å². The van der Waals surface area contributed by atoms with Gasteiger partial charge >= 0.3 is 0 Å². The van der Waals surface area contributed by atoms with E-state index in [9.17, 15) is 0 Å². The zero-order valence-electron chi connectivity index (χ0n) is 9.32. The van der Waals surface area contributed by atoms with Crippen molar-refractivity contribution in [3.05, 3.63) is 29.8 Å². The van der Waals surface area contributed by atoms with Crippen LogP contribution in [0.5, 0.6) is 0 Å². The van der Waals surface area contributed by atoms with Gasteiger partial charge in [-0.15, -0.1) is 0 Å². The summed E-state index contributed by atoms with van der Waals surface area (Å²) in [5.41, 5.74) is 1.26. The fraction of sp³-hybridized carbons (Fsp3) is 0.455. The highest BCUT2D eigenvalue weighted by Crippen LogP contribution is 2.14. The highest BCUT2D eigenvalue weighted by Gasteiger charge is 1.95. The fourth-order valence-electron chi connectivity index (χ4n) is 1.02. The molecule has 1 rings (SSSR count). The minimum absolute atomic E-state index is 0.783. The summed E-state index contributed by atoms with van der Waals surface area (Å²) in [5, 5.41) is 0. The fourth-order valence-corrected chi connectivity index (χ4v) is 1.28. The average molecular weight is 213 g/mol. The second-order valence-electron chi connectivity index (χ2n) is 2.97. The lowest BCUT2D eigenvalue weighted by molar-refractivity contribution is 0.402. The van der Waals surface area contributed by atoms with E-state index in [0.29, 0.717) is 0 Å². The van der Waals surface area contributed by atoms with Crippen molar-refractivity contribution in [2.45, 2.75) is 25.3 Å². The molecule has 0 unspecified atom stereocenters. The van der Waals surface area contributed by atoms with Crippen LogP contribution in [0.2, 0.25) is 0 Å². The smallest absolute Gasteiger partial charge is 0.0351 e. The summed E-state index contributed by atoms with van der Waals surface area (Å²) in [6.45, 7) is 4.94. The van der Waals surface area contributed by atoms with Crippen LogP contribution in [0.4, 0.5) is 0 Å². The molecule has 1 aromatic carbocycles. The molecule has 1 aromatic rings. The van der Waals surface area contributed by atoms with Gasteiger partial charge in [0.1, 0.15) is 0 Å². The van der Waals surface area contributed by atoms with Gasteiger partial charge < -0.3 is 9.45 Å². The number of hydrogen-bond acceptors (Lipinski definition) is 3. The minimum Gasteiger partial charge on any atom is -0.325 e. The lowest BCUT2D eigenvalue weighted by Crippen LogP contribution is -2.10. The van der Waals surface area contributed by atoms with Gasteiger partial charge in [0, 0.05) is 23.5 Å². The van der Waals surface area contributed by atoms with E-state index in [2.05, 4.69) is 4.90 Å². The largest absolute Gasteiger partial charge is 0.325 e. The van der Waals surface area contributed by atoms with Crippen molar-refractivity contribution in [3.63, 3.8) is 0 Å². The standard InChI is InChI=1S/C9H13NOS.C2H6/c1-10(2)7-8-3-5-9(12-11)6-4-8;1-2/h3-6,11H,7H2,1-2H3;1-2H3. The molecule has 0 bridgehead atoms. The molecule has 0 amide bonds. The molecule has 0 fully saturated rings. The molecular formula is C11H19NOS. The van der Waals surface area contributed by atoms with Crippen molar-refractivity contribution in [2.75, 3.05) is 14.1 Å². The Balaban J connectivity index is 0.000000791. The Bertz CT molecular complexity index is 234. The Hall–Kier alpha value is -0.510. The first kappa shape index (κ1) is 13.5. The second kappa shape index (κ2) is 7.85. The van der Waals surface area contributed by atoms with Gasteiger partial charge in [-0.3, -0.25) is 0 Å². The SMILES string of the molecule is CC.CN(C)Cc1ccc(SO)cc1. The molecule has 0 aromatic heterocycles. The molecule has 0 heterocycles.